The summed E-state index contributed by atoms with van der Waals surface area (Å²) in [5, 5.41) is 10.8. The average molecular weight is 507 g/mol. The number of piperidine rings is 1. The van der Waals surface area contributed by atoms with E-state index in [-0.39, 0.29) is 11.5 Å². The van der Waals surface area contributed by atoms with Gasteiger partial charge in [-0.3, -0.25) is 19.1 Å². The average Bonchev–Trinajstić information content (AvgIpc) is 3.58. The van der Waals surface area contributed by atoms with E-state index in [1.54, 1.807) is 15.1 Å². The Kier molecular flexibility index (Phi) is 5.91. The SMILES string of the molecule is Cc1cc(Nc2ncnn3cc(OCCN4CCCC4)c(C)c23)c(=O)n2c1C(=O)NC21CCN(C)CC1. The van der Waals surface area contributed by atoms with Gasteiger partial charge in [0.05, 0.1) is 6.20 Å². The van der Waals surface area contributed by atoms with Gasteiger partial charge in [0.1, 0.15) is 41.2 Å². The molecule has 0 bridgehead atoms. The molecule has 11 nitrogen and oxygen atoms in total. The maximum absolute atomic E-state index is 13.8. The van der Waals surface area contributed by atoms with Crippen molar-refractivity contribution in [1.82, 2.24) is 34.3 Å². The van der Waals surface area contributed by atoms with Crippen molar-refractivity contribution in [2.75, 3.05) is 51.7 Å². The molecule has 3 aromatic rings. The lowest BCUT2D eigenvalue weighted by Gasteiger charge is -2.39. The predicted molar refractivity (Wildman–Crippen MR) is 140 cm³/mol. The third-order valence-corrected chi connectivity index (χ3v) is 8.09. The number of anilines is 2. The molecule has 0 aromatic carbocycles. The third-order valence-electron chi connectivity index (χ3n) is 8.09. The molecule has 2 N–H and O–H groups in total. The van der Waals surface area contributed by atoms with E-state index in [1.165, 1.54) is 19.2 Å². The minimum Gasteiger partial charge on any atom is -0.490 e. The van der Waals surface area contributed by atoms with Crippen LogP contribution in [0.3, 0.4) is 0 Å². The van der Waals surface area contributed by atoms with E-state index in [2.05, 4.69) is 37.6 Å². The highest BCUT2D eigenvalue weighted by Crippen LogP contribution is 2.35. The van der Waals surface area contributed by atoms with Crippen LogP contribution in [0.5, 0.6) is 5.75 Å². The molecule has 0 atom stereocenters. The van der Waals surface area contributed by atoms with E-state index in [4.69, 9.17) is 4.74 Å². The minimum absolute atomic E-state index is 0.187. The summed E-state index contributed by atoms with van der Waals surface area (Å²) in [4.78, 5) is 35.8. The number of carbonyl (C=O) groups is 1. The van der Waals surface area contributed by atoms with Crippen LogP contribution in [-0.2, 0) is 5.66 Å². The molecule has 0 radical (unpaired) electrons. The highest BCUT2D eigenvalue weighted by Gasteiger charge is 2.46. The van der Waals surface area contributed by atoms with Crippen molar-refractivity contribution in [2.24, 2.45) is 0 Å². The molecule has 0 unspecified atom stereocenters. The maximum Gasteiger partial charge on any atom is 0.276 e. The maximum atomic E-state index is 13.8. The van der Waals surface area contributed by atoms with E-state index in [1.807, 2.05) is 20.0 Å². The van der Waals surface area contributed by atoms with Crippen LogP contribution < -0.4 is 20.9 Å². The van der Waals surface area contributed by atoms with Gasteiger partial charge in [0.2, 0.25) is 0 Å². The number of rotatable bonds is 6. The Bertz CT molecular complexity index is 1410. The molecule has 6 heterocycles. The third kappa shape index (κ3) is 4.06. The van der Waals surface area contributed by atoms with Gasteiger partial charge in [0.15, 0.2) is 5.82 Å². The lowest BCUT2D eigenvalue weighted by molar-refractivity contribution is 0.0799. The summed E-state index contributed by atoms with van der Waals surface area (Å²) >= 11 is 0. The Hall–Kier alpha value is -3.44. The predicted octanol–water partition coefficient (Wildman–Crippen LogP) is 1.85. The van der Waals surface area contributed by atoms with Crippen molar-refractivity contribution in [3.63, 3.8) is 0 Å². The van der Waals surface area contributed by atoms with Crippen LogP contribution in [0.2, 0.25) is 0 Å². The fourth-order valence-electron chi connectivity index (χ4n) is 5.98. The summed E-state index contributed by atoms with van der Waals surface area (Å²) < 4.78 is 9.52. The first-order chi connectivity index (χ1) is 17.9. The van der Waals surface area contributed by atoms with E-state index in [0.717, 1.165) is 55.1 Å². The Morgan fingerprint density at radius 2 is 1.89 bits per heavy atom. The number of likely N-dealkylation sites (tertiary alicyclic amines) is 2. The Labute approximate surface area is 215 Å². The smallest absolute Gasteiger partial charge is 0.276 e. The Balaban J connectivity index is 1.32. The van der Waals surface area contributed by atoms with Crippen LogP contribution in [0.25, 0.3) is 5.52 Å². The van der Waals surface area contributed by atoms with Gasteiger partial charge in [0.25, 0.3) is 11.5 Å². The molecule has 1 spiro atoms. The molecule has 196 valence electrons. The summed E-state index contributed by atoms with van der Waals surface area (Å²) in [6.07, 6.45) is 7.19. The summed E-state index contributed by atoms with van der Waals surface area (Å²) in [7, 11) is 2.06. The fraction of sp³-hybridized carbons (Fsp3) is 0.538. The summed E-state index contributed by atoms with van der Waals surface area (Å²) in [6.45, 7) is 9.23. The van der Waals surface area contributed by atoms with Gasteiger partial charge in [0, 0.05) is 38.0 Å². The van der Waals surface area contributed by atoms with Gasteiger partial charge < -0.3 is 20.3 Å². The van der Waals surface area contributed by atoms with Crippen LogP contribution in [0, 0.1) is 13.8 Å². The summed E-state index contributed by atoms with van der Waals surface area (Å²) in [5.41, 5.74) is 2.32. The van der Waals surface area contributed by atoms with Crippen molar-refractivity contribution in [2.45, 2.75) is 45.2 Å². The molecule has 1 amide bonds. The van der Waals surface area contributed by atoms with Gasteiger partial charge in [-0.1, -0.05) is 0 Å². The number of hydrogen-bond donors (Lipinski definition) is 2. The number of aromatic nitrogens is 4. The molecular weight excluding hydrogens is 472 g/mol. The monoisotopic (exact) mass is 506 g/mol. The number of nitrogens with zero attached hydrogens (tertiary/aromatic N) is 6. The molecule has 2 saturated heterocycles. The number of nitrogens with one attached hydrogen (secondary N) is 2. The molecule has 37 heavy (non-hydrogen) atoms. The standard InChI is InChI=1S/C26H34N8O3/c1-17-14-19(25(36)34-21(17)24(35)30-26(34)6-10-31(3)11-7-26)29-23-22-18(2)20(15-33(22)28-16-27-23)37-13-12-32-8-4-5-9-32/h14-16H,4-13H2,1-3H3,(H,30,35)(H,27,28,29). The molecule has 0 aliphatic carbocycles. The van der Waals surface area contributed by atoms with E-state index < -0.39 is 5.66 Å². The van der Waals surface area contributed by atoms with Crippen LogP contribution in [-0.4, -0.2) is 81.3 Å². The zero-order valence-electron chi connectivity index (χ0n) is 21.7. The molecule has 11 heteroatoms. The zero-order chi connectivity index (χ0) is 25.7. The first-order valence-corrected chi connectivity index (χ1v) is 13.1. The molecule has 3 aliphatic heterocycles. The zero-order valence-corrected chi connectivity index (χ0v) is 21.7. The second-order valence-electron chi connectivity index (χ2n) is 10.6. The van der Waals surface area contributed by atoms with Crippen molar-refractivity contribution >= 4 is 22.9 Å². The van der Waals surface area contributed by atoms with Crippen molar-refractivity contribution in [1.29, 1.82) is 0 Å². The number of amides is 1. The van der Waals surface area contributed by atoms with E-state index in [9.17, 15) is 9.59 Å². The second kappa shape index (κ2) is 9.14. The normalized spacial score (nSPS) is 19.5. The van der Waals surface area contributed by atoms with Crippen LogP contribution >= 0.6 is 0 Å². The molecule has 3 aliphatic rings. The molecule has 3 aromatic heterocycles. The fourth-order valence-corrected chi connectivity index (χ4v) is 5.98. The van der Waals surface area contributed by atoms with Crippen molar-refractivity contribution < 1.29 is 9.53 Å². The van der Waals surface area contributed by atoms with Gasteiger partial charge in [-0.25, -0.2) is 9.50 Å². The van der Waals surface area contributed by atoms with Crippen LogP contribution in [0.1, 0.15) is 47.3 Å². The minimum atomic E-state index is -0.694. The number of pyridine rings is 1. The Morgan fingerprint density at radius 3 is 2.65 bits per heavy atom. The van der Waals surface area contributed by atoms with Crippen molar-refractivity contribution in [3.8, 4) is 5.75 Å². The number of aryl methyl sites for hydroxylation is 2. The number of fused-ring (bicyclic) bond motifs is 3. The lowest BCUT2D eigenvalue weighted by Crippen LogP contribution is -2.53. The molecule has 6 rings (SSSR count). The molecular formula is C26H34N8O3. The molecule has 0 saturated carbocycles. The van der Waals surface area contributed by atoms with E-state index >= 15 is 0 Å². The van der Waals surface area contributed by atoms with Gasteiger partial charge in [-0.15, -0.1) is 0 Å². The van der Waals surface area contributed by atoms with Crippen LogP contribution in [0.15, 0.2) is 23.4 Å². The number of carbonyl (C=O) groups excluding carboxylic acids is 1. The summed E-state index contributed by atoms with van der Waals surface area (Å²) in [6, 6.07) is 1.74. The summed E-state index contributed by atoms with van der Waals surface area (Å²) in [5.74, 6) is 1.09. The van der Waals surface area contributed by atoms with Crippen molar-refractivity contribution in [3.05, 3.63) is 45.8 Å². The van der Waals surface area contributed by atoms with E-state index in [0.29, 0.717) is 36.6 Å². The second-order valence-corrected chi connectivity index (χ2v) is 10.6. The molecule has 2 fully saturated rings. The quantitative estimate of drug-likeness (QED) is 0.522. The van der Waals surface area contributed by atoms with Crippen LogP contribution in [0.4, 0.5) is 11.5 Å². The first-order valence-electron chi connectivity index (χ1n) is 13.1. The first kappa shape index (κ1) is 23.9. The highest BCUT2D eigenvalue weighted by molar-refractivity contribution is 5.97. The number of ether oxygens (including phenoxy) is 1. The van der Waals surface area contributed by atoms with Gasteiger partial charge in [-0.05, 0) is 58.5 Å². The topological polar surface area (TPSA) is 109 Å². The lowest BCUT2D eigenvalue weighted by atomic mass is 9.97. The highest BCUT2D eigenvalue weighted by atomic mass is 16.5. The van der Waals surface area contributed by atoms with Gasteiger partial charge >= 0.3 is 0 Å². The number of hydrogen-bond acceptors (Lipinski definition) is 8. The largest absolute Gasteiger partial charge is 0.490 e. The Morgan fingerprint density at radius 1 is 1.14 bits per heavy atom. The van der Waals surface area contributed by atoms with Gasteiger partial charge in [-0.2, -0.15) is 5.10 Å².